The summed E-state index contributed by atoms with van der Waals surface area (Å²) in [5, 5.41) is 6.47. The fourth-order valence-electron chi connectivity index (χ4n) is 3.99. The van der Waals surface area contributed by atoms with Crippen LogP contribution in [0.3, 0.4) is 0 Å². The van der Waals surface area contributed by atoms with Gasteiger partial charge in [-0.3, -0.25) is 30.4 Å². The summed E-state index contributed by atoms with van der Waals surface area (Å²) in [7, 11) is 0. The lowest BCUT2D eigenvalue weighted by Gasteiger charge is -2.22. The Morgan fingerprint density at radius 3 is 2.24 bits per heavy atom. The first kappa shape index (κ1) is 34.4. The quantitative estimate of drug-likeness (QED) is 0.179. The number of nitrogens with zero attached hydrogens (tertiary/aromatic N) is 3. The number of alkyl halides is 3. The number of aromatic nitrogens is 3. The van der Waals surface area contributed by atoms with Gasteiger partial charge in [0.15, 0.2) is 11.4 Å². The highest BCUT2D eigenvalue weighted by atomic mass is 19.4. The Kier molecular flexibility index (Phi) is 11.1. The zero-order valence-electron chi connectivity index (χ0n) is 25.3. The van der Waals surface area contributed by atoms with E-state index in [1.165, 1.54) is 13.0 Å². The molecule has 0 saturated carbocycles. The molecule has 3 rings (SSSR count). The minimum Gasteiger partial charge on any atom is -0.474 e. The smallest absolute Gasteiger partial charge is 0.421 e. The van der Waals surface area contributed by atoms with Crippen LogP contribution in [0.1, 0.15) is 71.8 Å². The van der Waals surface area contributed by atoms with Gasteiger partial charge in [-0.15, -0.1) is 13.2 Å². The summed E-state index contributed by atoms with van der Waals surface area (Å²) in [4.78, 5) is 42.7. The van der Waals surface area contributed by atoms with E-state index < -0.39 is 58.6 Å². The SMILES string of the molecule is C=CCc1cn(Cc2ccccc2)nc1C(=O)NNC(=O)c1nc(O[C@H](C)CC=C)c(C(F)(F)F)cc1NC(=O)OC(C)(C)C. The van der Waals surface area contributed by atoms with Crippen LogP contribution in [0, 0.1) is 0 Å². The number of anilines is 1. The van der Waals surface area contributed by atoms with Crippen LogP contribution >= 0.6 is 0 Å². The Morgan fingerprint density at radius 2 is 1.67 bits per heavy atom. The molecule has 0 aliphatic carbocycles. The average molecular weight is 629 g/mol. The van der Waals surface area contributed by atoms with Crippen molar-refractivity contribution in [1.82, 2.24) is 25.6 Å². The van der Waals surface area contributed by atoms with E-state index >= 15 is 0 Å². The standard InChI is InChI=1S/C31H35F3N6O5/c1-7-12-19(3)44-28-22(31(32,33)34)16-23(35-29(43)45-30(4,5)6)25(36-28)27(42)38-37-26(41)24-21(13-8-2)18-40(39-24)17-20-14-10-9-11-15-20/h7-11,14-16,18-19H,1-2,12-13,17H2,3-6H3,(H,35,43)(H,37,41)(H,38,42)/t19-/m1/s1. The van der Waals surface area contributed by atoms with Crippen LogP contribution in [0.25, 0.3) is 0 Å². The summed E-state index contributed by atoms with van der Waals surface area (Å²) in [6.07, 6.45) is -1.73. The number of carbonyl (C=O) groups excluding carboxylic acids is 3. The van der Waals surface area contributed by atoms with E-state index in [2.05, 4.69) is 39.4 Å². The maximum atomic E-state index is 14.0. The minimum atomic E-state index is -4.97. The molecule has 11 nitrogen and oxygen atoms in total. The van der Waals surface area contributed by atoms with E-state index in [1.54, 1.807) is 37.7 Å². The lowest BCUT2D eigenvalue weighted by molar-refractivity contribution is -0.139. The number of hydrogen-bond acceptors (Lipinski definition) is 7. The Bertz CT molecular complexity index is 1550. The van der Waals surface area contributed by atoms with Gasteiger partial charge in [-0.25, -0.2) is 9.78 Å². The fourth-order valence-corrected chi connectivity index (χ4v) is 3.99. The molecule has 0 aliphatic heterocycles. The number of hydrogen-bond donors (Lipinski definition) is 3. The van der Waals surface area contributed by atoms with Crippen molar-refractivity contribution in [3.05, 3.63) is 96.0 Å². The highest BCUT2D eigenvalue weighted by Crippen LogP contribution is 2.38. The monoisotopic (exact) mass is 628 g/mol. The number of carbonyl (C=O) groups is 3. The van der Waals surface area contributed by atoms with Crippen molar-refractivity contribution in [1.29, 1.82) is 0 Å². The lowest BCUT2D eigenvalue weighted by atomic mass is 10.1. The number of hydrazine groups is 1. The predicted octanol–water partition coefficient (Wildman–Crippen LogP) is 5.84. The van der Waals surface area contributed by atoms with Crippen molar-refractivity contribution in [3.8, 4) is 5.88 Å². The summed E-state index contributed by atoms with van der Waals surface area (Å²) in [6.45, 7) is 13.7. The molecular formula is C31H35F3N6O5. The first-order valence-corrected chi connectivity index (χ1v) is 13.8. The van der Waals surface area contributed by atoms with Crippen molar-refractivity contribution < 1.29 is 37.0 Å². The molecular weight excluding hydrogens is 593 g/mol. The molecule has 0 radical (unpaired) electrons. The van der Waals surface area contributed by atoms with E-state index in [1.807, 2.05) is 30.3 Å². The van der Waals surface area contributed by atoms with Crippen LogP contribution in [0.2, 0.25) is 0 Å². The van der Waals surface area contributed by atoms with Gasteiger partial charge in [0.25, 0.3) is 11.8 Å². The zero-order chi connectivity index (χ0) is 33.4. The number of rotatable bonds is 11. The van der Waals surface area contributed by atoms with Crippen LogP contribution < -0.4 is 20.9 Å². The molecule has 0 spiro atoms. The van der Waals surface area contributed by atoms with E-state index in [0.717, 1.165) is 5.56 Å². The van der Waals surface area contributed by atoms with Crippen LogP contribution in [-0.4, -0.2) is 44.4 Å². The van der Waals surface area contributed by atoms with E-state index in [0.29, 0.717) is 24.6 Å². The second-order valence-corrected chi connectivity index (χ2v) is 10.9. The molecule has 1 aromatic carbocycles. The molecule has 0 saturated heterocycles. The van der Waals surface area contributed by atoms with Crippen molar-refractivity contribution >= 4 is 23.6 Å². The minimum absolute atomic E-state index is 0.0131. The molecule has 0 aliphatic rings. The number of halogens is 3. The van der Waals surface area contributed by atoms with Gasteiger partial charge in [0, 0.05) is 18.2 Å². The van der Waals surface area contributed by atoms with Gasteiger partial charge in [-0.1, -0.05) is 42.5 Å². The van der Waals surface area contributed by atoms with Gasteiger partial charge in [-0.05, 0) is 45.7 Å². The molecule has 0 fully saturated rings. The number of nitrogens with one attached hydrogen (secondary N) is 3. The van der Waals surface area contributed by atoms with Crippen LogP contribution in [0.4, 0.5) is 23.7 Å². The second kappa shape index (κ2) is 14.6. The highest BCUT2D eigenvalue weighted by Gasteiger charge is 2.38. The topological polar surface area (TPSA) is 136 Å². The largest absolute Gasteiger partial charge is 0.474 e. The third kappa shape index (κ3) is 9.95. The predicted molar refractivity (Wildman–Crippen MR) is 161 cm³/mol. The normalized spacial score (nSPS) is 12.1. The van der Waals surface area contributed by atoms with Gasteiger partial charge in [-0.2, -0.15) is 18.3 Å². The van der Waals surface area contributed by atoms with Crippen molar-refractivity contribution in [2.75, 3.05) is 5.32 Å². The van der Waals surface area contributed by atoms with Crippen LogP contribution in [0.15, 0.2) is 67.9 Å². The van der Waals surface area contributed by atoms with Crippen molar-refractivity contribution in [3.63, 3.8) is 0 Å². The number of allylic oxidation sites excluding steroid dienone is 1. The van der Waals surface area contributed by atoms with Crippen molar-refractivity contribution in [2.24, 2.45) is 0 Å². The zero-order valence-corrected chi connectivity index (χ0v) is 25.3. The molecule has 14 heteroatoms. The van der Waals surface area contributed by atoms with Gasteiger partial charge in [0.1, 0.15) is 17.3 Å². The third-order valence-electron chi connectivity index (χ3n) is 5.85. The number of benzene rings is 1. The molecule has 45 heavy (non-hydrogen) atoms. The van der Waals surface area contributed by atoms with Crippen LogP contribution in [0.5, 0.6) is 5.88 Å². The number of ether oxygens (including phenoxy) is 2. The molecule has 3 N–H and O–H groups in total. The van der Waals surface area contributed by atoms with E-state index in [9.17, 15) is 27.6 Å². The molecule has 0 bridgehead atoms. The molecule has 1 atom stereocenters. The fraction of sp³-hybridized carbons (Fsp3) is 0.323. The Labute approximate surface area is 258 Å². The maximum absolute atomic E-state index is 14.0. The van der Waals surface area contributed by atoms with E-state index in [-0.39, 0.29) is 12.1 Å². The number of amides is 3. The Balaban J connectivity index is 1.93. The Morgan fingerprint density at radius 1 is 1.02 bits per heavy atom. The Hall–Kier alpha value is -5.14. The van der Waals surface area contributed by atoms with Gasteiger partial charge < -0.3 is 9.47 Å². The molecule has 2 aromatic heterocycles. The van der Waals surface area contributed by atoms with E-state index in [4.69, 9.17) is 9.47 Å². The maximum Gasteiger partial charge on any atom is 0.421 e. The summed E-state index contributed by atoms with van der Waals surface area (Å²) < 4.78 is 54.2. The summed E-state index contributed by atoms with van der Waals surface area (Å²) >= 11 is 0. The summed E-state index contributed by atoms with van der Waals surface area (Å²) in [6, 6.07) is 9.90. The molecule has 0 unspecified atom stereocenters. The van der Waals surface area contributed by atoms with Gasteiger partial charge in [0.05, 0.1) is 12.2 Å². The number of pyridine rings is 1. The molecule has 3 aromatic rings. The third-order valence-corrected chi connectivity index (χ3v) is 5.85. The summed E-state index contributed by atoms with van der Waals surface area (Å²) in [5.74, 6) is -2.87. The average Bonchev–Trinajstić information content (AvgIpc) is 3.33. The lowest BCUT2D eigenvalue weighted by Crippen LogP contribution is -2.43. The van der Waals surface area contributed by atoms with Crippen molar-refractivity contribution in [2.45, 2.75) is 65.0 Å². The van der Waals surface area contributed by atoms with Gasteiger partial charge in [0.2, 0.25) is 5.88 Å². The first-order valence-electron chi connectivity index (χ1n) is 13.8. The molecule has 240 valence electrons. The second-order valence-electron chi connectivity index (χ2n) is 10.9. The highest BCUT2D eigenvalue weighted by molar-refractivity contribution is 6.03. The first-order chi connectivity index (χ1) is 21.1. The summed E-state index contributed by atoms with van der Waals surface area (Å²) in [5.41, 5.74) is 2.11. The van der Waals surface area contributed by atoms with Gasteiger partial charge >= 0.3 is 12.3 Å². The van der Waals surface area contributed by atoms with Crippen LogP contribution in [-0.2, 0) is 23.9 Å². The molecule has 2 heterocycles. The molecule has 3 amide bonds.